The Morgan fingerprint density at radius 3 is 2.54 bits per heavy atom. The van der Waals surface area contributed by atoms with Crippen molar-refractivity contribution in [3.05, 3.63) is 41.4 Å². The molecule has 2 saturated heterocycles. The van der Waals surface area contributed by atoms with Gasteiger partial charge in [-0.05, 0) is 43.9 Å². The predicted octanol–water partition coefficient (Wildman–Crippen LogP) is 3.01. The van der Waals surface area contributed by atoms with Crippen molar-refractivity contribution in [2.75, 3.05) is 26.3 Å². The third-order valence-electron chi connectivity index (χ3n) is 5.78. The molecule has 2 aromatic carbocycles. The summed E-state index contributed by atoms with van der Waals surface area (Å²) in [5.74, 6) is 0.182. The minimum absolute atomic E-state index is 0.182. The first kappa shape index (κ1) is 18.2. The fraction of sp³-hybridized carbons (Fsp3) is 0.474. The van der Waals surface area contributed by atoms with Gasteiger partial charge in [0.15, 0.2) is 0 Å². The lowest BCUT2D eigenvalue weighted by Gasteiger charge is -2.40. The molecule has 1 atom stereocenters. The van der Waals surface area contributed by atoms with Crippen LogP contribution in [0.2, 0.25) is 5.02 Å². The summed E-state index contributed by atoms with van der Waals surface area (Å²) in [5.41, 5.74) is 5.52. The van der Waals surface area contributed by atoms with Crippen LogP contribution in [-0.2, 0) is 14.8 Å². The molecule has 2 heterocycles. The molecular weight excluding hydrogens is 372 g/mol. The number of fused-ring (bicyclic) bond motifs is 1. The summed E-state index contributed by atoms with van der Waals surface area (Å²) in [6.45, 7) is 2.14. The van der Waals surface area contributed by atoms with Gasteiger partial charge >= 0.3 is 0 Å². The maximum absolute atomic E-state index is 13.7. The molecule has 0 amide bonds. The lowest BCUT2D eigenvalue weighted by atomic mass is 9.86. The van der Waals surface area contributed by atoms with E-state index in [1.807, 2.05) is 24.3 Å². The highest BCUT2D eigenvalue weighted by Gasteiger charge is 2.51. The molecule has 0 radical (unpaired) electrons. The number of sulfonamides is 1. The number of hydrogen-bond acceptors (Lipinski definition) is 4. The average Bonchev–Trinajstić information content (AvgIpc) is 3.01. The number of hydrogen-bond donors (Lipinski definition) is 1. The Balaban J connectivity index is 1.85. The smallest absolute Gasteiger partial charge is 0.244 e. The lowest BCUT2D eigenvalue weighted by Crippen LogP contribution is -2.50. The largest absolute Gasteiger partial charge is 0.381 e. The molecule has 140 valence electrons. The van der Waals surface area contributed by atoms with Crippen molar-refractivity contribution >= 4 is 32.4 Å². The van der Waals surface area contributed by atoms with E-state index < -0.39 is 10.0 Å². The summed E-state index contributed by atoms with van der Waals surface area (Å²) < 4.78 is 34.6. The Morgan fingerprint density at radius 1 is 1.15 bits per heavy atom. The normalized spacial score (nSPS) is 23.7. The molecular formula is C19H23ClN2O3S. The summed E-state index contributed by atoms with van der Waals surface area (Å²) in [6, 6.07) is 10.7. The molecule has 2 aliphatic rings. The summed E-state index contributed by atoms with van der Waals surface area (Å²) in [4.78, 5) is 0.320. The van der Waals surface area contributed by atoms with Gasteiger partial charge < -0.3 is 10.5 Å². The molecule has 5 nitrogen and oxygen atoms in total. The molecule has 2 fully saturated rings. The van der Waals surface area contributed by atoms with Crippen molar-refractivity contribution in [1.29, 1.82) is 0 Å². The van der Waals surface area contributed by atoms with Crippen molar-refractivity contribution in [2.24, 2.45) is 11.7 Å². The molecule has 4 rings (SSSR count). The van der Waals surface area contributed by atoms with Crippen molar-refractivity contribution in [2.45, 2.75) is 29.7 Å². The van der Waals surface area contributed by atoms with Crippen LogP contribution < -0.4 is 5.73 Å². The quantitative estimate of drug-likeness (QED) is 0.868. The van der Waals surface area contributed by atoms with Gasteiger partial charge in [-0.1, -0.05) is 35.9 Å². The number of rotatable bonds is 3. The third kappa shape index (κ3) is 2.84. The van der Waals surface area contributed by atoms with E-state index in [0.29, 0.717) is 54.4 Å². The van der Waals surface area contributed by atoms with Gasteiger partial charge in [-0.2, -0.15) is 4.31 Å². The van der Waals surface area contributed by atoms with E-state index in [1.165, 1.54) is 0 Å². The number of ether oxygens (including phenoxy) is 1. The molecule has 0 aromatic heterocycles. The number of benzene rings is 2. The minimum Gasteiger partial charge on any atom is -0.381 e. The molecule has 26 heavy (non-hydrogen) atoms. The Bertz CT molecular complexity index is 926. The Hall–Kier alpha value is -1.18. The van der Waals surface area contributed by atoms with Crippen LogP contribution in [0.4, 0.5) is 0 Å². The van der Waals surface area contributed by atoms with Gasteiger partial charge in [0.2, 0.25) is 10.0 Å². The zero-order valence-electron chi connectivity index (χ0n) is 14.5. The number of nitrogens with zero attached hydrogens (tertiary/aromatic N) is 1. The van der Waals surface area contributed by atoms with E-state index in [1.54, 1.807) is 16.4 Å². The second-order valence-corrected chi connectivity index (χ2v) is 9.51. The van der Waals surface area contributed by atoms with Crippen LogP contribution in [0.15, 0.2) is 41.3 Å². The molecule has 0 bridgehead atoms. The molecule has 1 unspecified atom stereocenters. The van der Waals surface area contributed by atoms with Crippen LogP contribution in [0.1, 0.15) is 19.3 Å². The first-order chi connectivity index (χ1) is 12.5. The van der Waals surface area contributed by atoms with Gasteiger partial charge in [-0.25, -0.2) is 8.42 Å². The molecule has 7 heteroatoms. The summed E-state index contributed by atoms with van der Waals surface area (Å²) in [5, 5.41) is 1.98. The van der Waals surface area contributed by atoms with Gasteiger partial charge in [0, 0.05) is 41.1 Å². The maximum atomic E-state index is 13.7. The average molecular weight is 395 g/mol. The second-order valence-electron chi connectivity index (χ2n) is 7.27. The van der Waals surface area contributed by atoms with Gasteiger partial charge in [0.25, 0.3) is 0 Å². The molecule has 0 aliphatic carbocycles. The highest BCUT2D eigenvalue weighted by atomic mass is 35.5. The first-order valence-corrected chi connectivity index (χ1v) is 10.8. The van der Waals surface area contributed by atoms with Crippen LogP contribution in [0.25, 0.3) is 10.8 Å². The highest BCUT2D eigenvalue weighted by Crippen LogP contribution is 2.44. The van der Waals surface area contributed by atoms with Crippen molar-refractivity contribution in [1.82, 2.24) is 4.31 Å². The third-order valence-corrected chi connectivity index (χ3v) is 8.14. The summed E-state index contributed by atoms with van der Waals surface area (Å²) in [7, 11) is -3.67. The van der Waals surface area contributed by atoms with Gasteiger partial charge in [-0.3, -0.25) is 0 Å². The zero-order chi connectivity index (χ0) is 18.4. The van der Waals surface area contributed by atoms with E-state index >= 15 is 0 Å². The van der Waals surface area contributed by atoms with Crippen LogP contribution in [0.5, 0.6) is 0 Å². The summed E-state index contributed by atoms with van der Waals surface area (Å²) in [6.07, 6.45) is 2.24. The maximum Gasteiger partial charge on any atom is 0.244 e. The molecule has 2 aromatic rings. The number of nitrogens with two attached hydrogens (primary N) is 1. The van der Waals surface area contributed by atoms with Gasteiger partial charge in [0.1, 0.15) is 0 Å². The Morgan fingerprint density at radius 2 is 1.85 bits per heavy atom. The fourth-order valence-corrected chi connectivity index (χ4v) is 6.76. The van der Waals surface area contributed by atoms with Crippen LogP contribution in [0.3, 0.4) is 0 Å². The van der Waals surface area contributed by atoms with E-state index in [4.69, 9.17) is 22.1 Å². The van der Waals surface area contributed by atoms with Crippen molar-refractivity contribution < 1.29 is 13.2 Å². The molecule has 2 N–H and O–H groups in total. The van der Waals surface area contributed by atoms with E-state index in [2.05, 4.69) is 0 Å². The topological polar surface area (TPSA) is 72.6 Å². The SMILES string of the molecule is NCC1CN(S(=O)(=O)c2ccc(Cl)c3ccccc23)C2(CCOCC2)C1. The van der Waals surface area contributed by atoms with E-state index in [9.17, 15) is 8.42 Å². The zero-order valence-corrected chi connectivity index (χ0v) is 16.1. The Labute approximate surface area is 159 Å². The van der Waals surface area contributed by atoms with Crippen LogP contribution in [0, 0.1) is 5.92 Å². The van der Waals surface area contributed by atoms with Gasteiger partial charge in [0.05, 0.1) is 4.90 Å². The monoisotopic (exact) mass is 394 g/mol. The van der Waals surface area contributed by atoms with E-state index in [0.717, 1.165) is 11.8 Å². The van der Waals surface area contributed by atoms with Gasteiger partial charge in [-0.15, -0.1) is 0 Å². The fourth-order valence-electron chi connectivity index (χ4n) is 4.43. The second kappa shape index (κ2) is 6.77. The Kier molecular flexibility index (Phi) is 4.73. The van der Waals surface area contributed by atoms with Crippen LogP contribution >= 0.6 is 11.6 Å². The van der Waals surface area contributed by atoms with Crippen molar-refractivity contribution in [3.63, 3.8) is 0 Å². The summed E-state index contributed by atoms with van der Waals surface area (Å²) >= 11 is 6.29. The molecule has 1 spiro atoms. The highest BCUT2D eigenvalue weighted by molar-refractivity contribution is 7.89. The lowest BCUT2D eigenvalue weighted by molar-refractivity contribution is 0.0197. The molecule has 2 aliphatic heterocycles. The minimum atomic E-state index is -3.67. The van der Waals surface area contributed by atoms with E-state index in [-0.39, 0.29) is 11.5 Å². The predicted molar refractivity (Wildman–Crippen MR) is 103 cm³/mol. The molecule has 0 saturated carbocycles. The van der Waals surface area contributed by atoms with Crippen LogP contribution in [-0.4, -0.2) is 44.6 Å². The number of halogens is 1. The first-order valence-electron chi connectivity index (χ1n) is 8.96. The van der Waals surface area contributed by atoms with Crippen molar-refractivity contribution in [3.8, 4) is 0 Å². The standard InChI is InChI=1S/C19H23ClN2O3S/c20-17-5-6-18(16-4-2-1-3-15(16)17)26(23,24)22-13-14(12-21)11-19(22)7-9-25-10-8-19/h1-6,14H,7-13,21H2.